The van der Waals surface area contributed by atoms with Crippen LogP contribution in [0.1, 0.15) is 11.1 Å². The van der Waals surface area contributed by atoms with Crippen LogP contribution in [0.4, 0.5) is 13.2 Å². The predicted octanol–water partition coefficient (Wildman–Crippen LogP) is 3.57. The van der Waals surface area contributed by atoms with E-state index in [0.29, 0.717) is 5.56 Å². The Hall–Kier alpha value is -1.30. The number of alkyl halides is 3. The molecule has 0 aliphatic rings. The zero-order valence-electron chi connectivity index (χ0n) is 7.75. The Morgan fingerprint density at radius 2 is 2.00 bits per heavy atom. The van der Waals surface area contributed by atoms with E-state index in [1.807, 2.05) is 0 Å². The Labute approximate surface area is 97.5 Å². The fraction of sp³-hybridized carbons (Fsp3) is 0.100. The van der Waals surface area contributed by atoms with Crippen LogP contribution in [0, 0.1) is 0 Å². The van der Waals surface area contributed by atoms with Gasteiger partial charge in [0.2, 0.25) is 0 Å². The molecule has 1 aromatic rings. The summed E-state index contributed by atoms with van der Waals surface area (Å²) in [5, 5.41) is 8.37. The minimum atomic E-state index is -4.41. The standard InChI is InChI=1S/C10H6BrF3O2/c11-8-5-7(10(12,13)14)3-1-6(8)2-4-9(15)16/h1-5H,(H,15,16)/b4-2+. The molecule has 0 atom stereocenters. The van der Waals surface area contributed by atoms with Gasteiger partial charge in [0.05, 0.1) is 5.56 Å². The second-order valence-corrected chi connectivity index (χ2v) is 3.76. The zero-order valence-corrected chi connectivity index (χ0v) is 9.34. The second-order valence-electron chi connectivity index (χ2n) is 2.91. The summed E-state index contributed by atoms with van der Waals surface area (Å²) in [7, 11) is 0. The summed E-state index contributed by atoms with van der Waals surface area (Å²) in [5.41, 5.74) is -0.415. The summed E-state index contributed by atoms with van der Waals surface area (Å²) in [4.78, 5) is 10.2. The van der Waals surface area contributed by atoms with Gasteiger partial charge in [0, 0.05) is 10.5 Å². The van der Waals surface area contributed by atoms with Crippen LogP contribution in [-0.2, 0) is 11.0 Å². The molecule has 86 valence electrons. The largest absolute Gasteiger partial charge is 0.478 e. The average molecular weight is 295 g/mol. The average Bonchev–Trinajstić information content (AvgIpc) is 2.14. The smallest absolute Gasteiger partial charge is 0.416 e. The highest BCUT2D eigenvalue weighted by atomic mass is 79.9. The molecule has 0 saturated heterocycles. The Balaban J connectivity index is 3.05. The van der Waals surface area contributed by atoms with Crippen molar-refractivity contribution in [3.8, 4) is 0 Å². The predicted molar refractivity (Wildman–Crippen MR) is 55.8 cm³/mol. The van der Waals surface area contributed by atoms with E-state index in [9.17, 15) is 18.0 Å². The Morgan fingerprint density at radius 3 is 2.44 bits per heavy atom. The van der Waals surface area contributed by atoms with Crippen LogP contribution in [0.2, 0.25) is 0 Å². The number of hydrogen-bond donors (Lipinski definition) is 1. The van der Waals surface area contributed by atoms with Gasteiger partial charge in [0.15, 0.2) is 0 Å². The van der Waals surface area contributed by atoms with E-state index in [2.05, 4.69) is 15.9 Å². The molecule has 1 rings (SSSR count). The number of halogens is 4. The maximum absolute atomic E-state index is 12.3. The van der Waals surface area contributed by atoms with Gasteiger partial charge in [0.25, 0.3) is 0 Å². The van der Waals surface area contributed by atoms with Gasteiger partial charge < -0.3 is 5.11 Å². The molecule has 0 unspecified atom stereocenters. The summed E-state index contributed by atoms with van der Waals surface area (Å²) in [6.07, 6.45) is -2.34. The first-order chi connectivity index (χ1) is 7.30. The number of aliphatic carboxylic acids is 1. The van der Waals surface area contributed by atoms with Gasteiger partial charge in [0.1, 0.15) is 0 Å². The molecule has 0 saturated carbocycles. The van der Waals surface area contributed by atoms with Crippen LogP contribution >= 0.6 is 15.9 Å². The van der Waals surface area contributed by atoms with Gasteiger partial charge in [-0.05, 0) is 23.8 Å². The van der Waals surface area contributed by atoms with E-state index < -0.39 is 17.7 Å². The summed E-state index contributed by atoms with van der Waals surface area (Å²) < 4.78 is 37.0. The Kier molecular flexibility index (Phi) is 3.74. The van der Waals surface area contributed by atoms with E-state index in [1.165, 1.54) is 12.1 Å². The fourth-order valence-electron chi connectivity index (χ4n) is 1.000. The third-order valence-corrected chi connectivity index (χ3v) is 2.42. The van der Waals surface area contributed by atoms with Crippen molar-refractivity contribution < 1.29 is 23.1 Å². The van der Waals surface area contributed by atoms with Crippen LogP contribution in [0.3, 0.4) is 0 Å². The van der Waals surface area contributed by atoms with Gasteiger partial charge in [-0.3, -0.25) is 0 Å². The molecule has 16 heavy (non-hydrogen) atoms. The van der Waals surface area contributed by atoms with Gasteiger partial charge in [-0.1, -0.05) is 22.0 Å². The van der Waals surface area contributed by atoms with E-state index in [-0.39, 0.29) is 4.47 Å². The Bertz CT molecular complexity index is 438. The molecule has 0 amide bonds. The topological polar surface area (TPSA) is 37.3 Å². The molecule has 0 bridgehead atoms. The molecular weight excluding hydrogens is 289 g/mol. The quantitative estimate of drug-likeness (QED) is 0.847. The highest BCUT2D eigenvalue weighted by Crippen LogP contribution is 2.32. The molecule has 0 aromatic heterocycles. The number of carboxylic acids is 1. The van der Waals surface area contributed by atoms with Crippen molar-refractivity contribution in [1.29, 1.82) is 0 Å². The molecule has 0 heterocycles. The van der Waals surface area contributed by atoms with Crippen molar-refractivity contribution in [3.05, 3.63) is 39.9 Å². The van der Waals surface area contributed by atoms with E-state index in [4.69, 9.17) is 5.11 Å². The minimum Gasteiger partial charge on any atom is -0.478 e. The first kappa shape index (κ1) is 12.8. The first-order valence-corrected chi connectivity index (χ1v) is 4.88. The zero-order chi connectivity index (χ0) is 12.3. The Morgan fingerprint density at radius 1 is 1.38 bits per heavy atom. The maximum atomic E-state index is 12.3. The van der Waals surface area contributed by atoms with Crippen LogP contribution < -0.4 is 0 Å². The second kappa shape index (κ2) is 4.69. The lowest BCUT2D eigenvalue weighted by atomic mass is 10.1. The molecule has 1 aromatic carbocycles. The lowest BCUT2D eigenvalue weighted by Gasteiger charge is -2.07. The van der Waals surface area contributed by atoms with Gasteiger partial charge >= 0.3 is 12.1 Å². The summed E-state index contributed by atoms with van der Waals surface area (Å²) in [5.74, 6) is -1.16. The summed E-state index contributed by atoms with van der Waals surface area (Å²) >= 11 is 2.95. The third-order valence-electron chi connectivity index (χ3n) is 1.73. The number of carboxylic acid groups (broad SMARTS) is 1. The lowest BCUT2D eigenvalue weighted by Crippen LogP contribution is -2.04. The fourth-order valence-corrected chi connectivity index (χ4v) is 1.51. The van der Waals surface area contributed by atoms with Crippen LogP contribution in [-0.4, -0.2) is 11.1 Å². The van der Waals surface area contributed by atoms with E-state index in [0.717, 1.165) is 18.2 Å². The molecule has 0 aliphatic heterocycles. The first-order valence-electron chi connectivity index (χ1n) is 4.08. The molecule has 0 spiro atoms. The number of carbonyl (C=O) groups is 1. The van der Waals surface area contributed by atoms with Crippen molar-refractivity contribution in [2.75, 3.05) is 0 Å². The van der Waals surface area contributed by atoms with Crippen LogP contribution in [0.25, 0.3) is 6.08 Å². The minimum absolute atomic E-state index is 0.194. The molecule has 0 radical (unpaired) electrons. The van der Waals surface area contributed by atoms with Crippen LogP contribution in [0.15, 0.2) is 28.7 Å². The monoisotopic (exact) mass is 294 g/mol. The van der Waals surface area contributed by atoms with E-state index in [1.54, 1.807) is 0 Å². The highest BCUT2D eigenvalue weighted by Gasteiger charge is 2.30. The van der Waals surface area contributed by atoms with Crippen LogP contribution in [0.5, 0.6) is 0 Å². The number of hydrogen-bond acceptors (Lipinski definition) is 1. The van der Waals surface area contributed by atoms with Gasteiger partial charge in [-0.2, -0.15) is 13.2 Å². The van der Waals surface area contributed by atoms with Crippen molar-refractivity contribution in [1.82, 2.24) is 0 Å². The molecule has 0 fully saturated rings. The molecule has 1 N–H and O–H groups in total. The molecule has 2 nitrogen and oxygen atoms in total. The normalized spacial score (nSPS) is 12.0. The summed E-state index contributed by atoms with van der Waals surface area (Å²) in [6, 6.07) is 3.00. The maximum Gasteiger partial charge on any atom is 0.416 e. The van der Waals surface area contributed by atoms with Crippen molar-refractivity contribution in [3.63, 3.8) is 0 Å². The van der Waals surface area contributed by atoms with Crippen molar-refractivity contribution in [2.24, 2.45) is 0 Å². The lowest BCUT2D eigenvalue weighted by molar-refractivity contribution is -0.137. The van der Waals surface area contributed by atoms with E-state index >= 15 is 0 Å². The molecule has 0 aliphatic carbocycles. The van der Waals surface area contributed by atoms with Gasteiger partial charge in [-0.15, -0.1) is 0 Å². The third kappa shape index (κ3) is 3.37. The number of benzene rings is 1. The molecule has 6 heteroatoms. The number of rotatable bonds is 2. The molecular formula is C10H6BrF3O2. The van der Waals surface area contributed by atoms with Crippen molar-refractivity contribution >= 4 is 28.0 Å². The summed E-state index contributed by atoms with van der Waals surface area (Å²) in [6.45, 7) is 0. The highest BCUT2D eigenvalue weighted by molar-refractivity contribution is 9.10. The van der Waals surface area contributed by atoms with Crippen molar-refractivity contribution in [2.45, 2.75) is 6.18 Å². The SMILES string of the molecule is O=C(O)/C=C/c1ccc(C(F)(F)F)cc1Br. The van der Waals surface area contributed by atoms with Gasteiger partial charge in [-0.25, -0.2) is 4.79 Å².